The van der Waals surface area contributed by atoms with Crippen LogP contribution in [0.1, 0.15) is 29.6 Å². The summed E-state index contributed by atoms with van der Waals surface area (Å²) in [4.78, 5) is 13.4. The minimum absolute atomic E-state index is 0.158. The fraction of sp³-hybridized carbons (Fsp3) is 0.500. The van der Waals surface area contributed by atoms with Gasteiger partial charge in [-0.15, -0.1) is 0 Å². The average molecular weight is 284 g/mol. The van der Waals surface area contributed by atoms with Crippen molar-refractivity contribution in [3.05, 3.63) is 28.8 Å². The zero-order chi connectivity index (χ0) is 13.7. The van der Waals surface area contributed by atoms with Gasteiger partial charge in [0.15, 0.2) is 0 Å². The highest BCUT2D eigenvalue weighted by Crippen LogP contribution is 2.23. The Morgan fingerprint density at radius 2 is 2.11 bits per heavy atom. The van der Waals surface area contributed by atoms with E-state index in [1.54, 1.807) is 12.1 Å². The summed E-state index contributed by atoms with van der Waals surface area (Å²) >= 11 is 5.86. The number of hydrogen-bond donors (Lipinski definition) is 1. The second-order valence-electron chi connectivity index (χ2n) is 4.70. The molecule has 104 valence electrons. The SMILES string of the molecule is O=C(O)c1ccc(Cl)cc1OCCCN1CCCC1. The van der Waals surface area contributed by atoms with Gasteiger partial charge in [0, 0.05) is 11.6 Å². The van der Waals surface area contributed by atoms with Crippen LogP contribution in [0.25, 0.3) is 0 Å². The predicted octanol–water partition coefficient (Wildman–Crippen LogP) is 2.90. The molecule has 0 unspecified atom stereocenters. The maximum atomic E-state index is 11.0. The normalized spacial score (nSPS) is 15.6. The van der Waals surface area contributed by atoms with Gasteiger partial charge in [0.1, 0.15) is 11.3 Å². The molecule has 0 amide bonds. The van der Waals surface area contributed by atoms with Crippen molar-refractivity contribution in [3.63, 3.8) is 0 Å². The number of rotatable bonds is 6. The second-order valence-corrected chi connectivity index (χ2v) is 5.13. The summed E-state index contributed by atoms with van der Waals surface area (Å²) in [5, 5.41) is 9.54. The van der Waals surface area contributed by atoms with E-state index in [0.717, 1.165) is 26.1 Å². The van der Waals surface area contributed by atoms with Crippen LogP contribution in [0, 0.1) is 0 Å². The van der Waals surface area contributed by atoms with Gasteiger partial charge in [-0.05, 0) is 50.6 Å². The highest BCUT2D eigenvalue weighted by molar-refractivity contribution is 6.30. The van der Waals surface area contributed by atoms with Crippen molar-refractivity contribution in [2.45, 2.75) is 19.3 Å². The van der Waals surface area contributed by atoms with Gasteiger partial charge < -0.3 is 14.7 Å². The summed E-state index contributed by atoms with van der Waals surface area (Å²) in [6.07, 6.45) is 3.45. The smallest absolute Gasteiger partial charge is 0.339 e. The Morgan fingerprint density at radius 1 is 1.37 bits per heavy atom. The molecule has 1 aromatic rings. The molecule has 0 aromatic heterocycles. The highest BCUT2D eigenvalue weighted by Gasteiger charge is 2.13. The summed E-state index contributed by atoms with van der Waals surface area (Å²) in [7, 11) is 0. The molecule has 1 aromatic carbocycles. The zero-order valence-corrected chi connectivity index (χ0v) is 11.5. The zero-order valence-electron chi connectivity index (χ0n) is 10.8. The molecule has 1 fully saturated rings. The van der Waals surface area contributed by atoms with E-state index >= 15 is 0 Å². The number of aromatic carboxylic acids is 1. The van der Waals surface area contributed by atoms with Gasteiger partial charge in [-0.25, -0.2) is 4.79 Å². The lowest BCUT2D eigenvalue weighted by Gasteiger charge is -2.15. The van der Waals surface area contributed by atoms with Crippen molar-refractivity contribution >= 4 is 17.6 Å². The fourth-order valence-electron chi connectivity index (χ4n) is 2.27. The third kappa shape index (κ3) is 4.11. The van der Waals surface area contributed by atoms with Crippen LogP contribution < -0.4 is 4.74 Å². The number of hydrogen-bond acceptors (Lipinski definition) is 3. The lowest BCUT2D eigenvalue weighted by Crippen LogP contribution is -2.22. The molecule has 1 aliphatic heterocycles. The van der Waals surface area contributed by atoms with Crippen molar-refractivity contribution in [3.8, 4) is 5.75 Å². The molecule has 1 heterocycles. The summed E-state index contributed by atoms with van der Waals surface area (Å²) in [6, 6.07) is 4.59. The first-order valence-corrected chi connectivity index (χ1v) is 6.92. The molecule has 2 rings (SSSR count). The number of nitrogens with zero attached hydrogens (tertiary/aromatic N) is 1. The predicted molar refractivity (Wildman–Crippen MR) is 74.2 cm³/mol. The van der Waals surface area contributed by atoms with E-state index in [1.807, 2.05) is 0 Å². The van der Waals surface area contributed by atoms with Crippen molar-refractivity contribution in [2.24, 2.45) is 0 Å². The molecule has 0 saturated carbocycles. The molecule has 19 heavy (non-hydrogen) atoms. The third-order valence-electron chi connectivity index (χ3n) is 3.25. The lowest BCUT2D eigenvalue weighted by atomic mass is 10.2. The highest BCUT2D eigenvalue weighted by atomic mass is 35.5. The van der Waals surface area contributed by atoms with E-state index in [9.17, 15) is 4.79 Å². The van der Waals surface area contributed by atoms with Crippen LogP contribution in [0.3, 0.4) is 0 Å². The molecule has 1 aliphatic rings. The molecule has 0 spiro atoms. The van der Waals surface area contributed by atoms with E-state index in [1.165, 1.54) is 18.9 Å². The van der Waals surface area contributed by atoms with Gasteiger partial charge in [-0.3, -0.25) is 0 Å². The number of halogens is 1. The molecule has 4 nitrogen and oxygen atoms in total. The largest absolute Gasteiger partial charge is 0.493 e. The topological polar surface area (TPSA) is 49.8 Å². The number of likely N-dealkylation sites (tertiary alicyclic amines) is 1. The first-order valence-electron chi connectivity index (χ1n) is 6.55. The van der Waals surface area contributed by atoms with Gasteiger partial charge in [0.25, 0.3) is 0 Å². The van der Waals surface area contributed by atoms with Crippen molar-refractivity contribution < 1.29 is 14.6 Å². The molecule has 0 aliphatic carbocycles. The summed E-state index contributed by atoms with van der Waals surface area (Å²) in [6.45, 7) is 3.84. The molecule has 1 N–H and O–H groups in total. The first kappa shape index (κ1) is 14.2. The summed E-state index contributed by atoms with van der Waals surface area (Å²) < 4.78 is 5.55. The lowest BCUT2D eigenvalue weighted by molar-refractivity contribution is 0.0692. The molecule has 0 bridgehead atoms. The molecule has 5 heteroatoms. The molecule has 0 radical (unpaired) electrons. The van der Waals surface area contributed by atoms with Crippen LogP contribution in [0.5, 0.6) is 5.75 Å². The Balaban J connectivity index is 1.84. The van der Waals surface area contributed by atoms with Crippen LogP contribution >= 0.6 is 11.6 Å². The van der Waals surface area contributed by atoms with E-state index in [2.05, 4.69) is 4.90 Å². The average Bonchev–Trinajstić information content (AvgIpc) is 2.87. The second kappa shape index (κ2) is 6.78. The van der Waals surface area contributed by atoms with Gasteiger partial charge in [-0.1, -0.05) is 11.6 Å². The standard InChI is InChI=1S/C14H18ClNO3/c15-11-4-5-12(14(17)18)13(10-11)19-9-3-8-16-6-1-2-7-16/h4-5,10H,1-3,6-9H2,(H,17,18). The quantitative estimate of drug-likeness (QED) is 0.816. The number of carbonyl (C=O) groups is 1. The van der Waals surface area contributed by atoms with Crippen molar-refractivity contribution in [2.75, 3.05) is 26.2 Å². The van der Waals surface area contributed by atoms with Gasteiger partial charge >= 0.3 is 5.97 Å². The van der Waals surface area contributed by atoms with Crippen LogP contribution in [-0.4, -0.2) is 42.2 Å². The van der Waals surface area contributed by atoms with Crippen LogP contribution in [-0.2, 0) is 0 Å². The Morgan fingerprint density at radius 3 is 2.79 bits per heavy atom. The molecular formula is C14H18ClNO3. The molecule has 1 saturated heterocycles. The summed E-state index contributed by atoms with van der Waals surface area (Å²) in [5.41, 5.74) is 0.158. The van der Waals surface area contributed by atoms with Crippen LogP contribution in [0.4, 0.5) is 0 Å². The monoisotopic (exact) mass is 283 g/mol. The number of carboxylic acids is 1. The summed E-state index contributed by atoms with van der Waals surface area (Å²) in [5.74, 6) is -0.646. The maximum Gasteiger partial charge on any atom is 0.339 e. The van der Waals surface area contributed by atoms with Crippen LogP contribution in [0.15, 0.2) is 18.2 Å². The van der Waals surface area contributed by atoms with Crippen molar-refractivity contribution in [1.82, 2.24) is 4.90 Å². The Hall–Kier alpha value is -1.26. The van der Waals surface area contributed by atoms with Crippen LogP contribution in [0.2, 0.25) is 5.02 Å². The van der Waals surface area contributed by atoms with Gasteiger partial charge in [-0.2, -0.15) is 0 Å². The number of ether oxygens (including phenoxy) is 1. The number of benzene rings is 1. The fourth-order valence-corrected chi connectivity index (χ4v) is 2.43. The van der Waals surface area contributed by atoms with E-state index in [4.69, 9.17) is 21.4 Å². The van der Waals surface area contributed by atoms with E-state index in [0.29, 0.717) is 17.4 Å². The third-order valence-corrected chi connectivity index (χ3v) is 3.48. The Bertz CT molecular complexity index is 444. The van der Waals surface area contributed by atoms with E-state index in [-0.39, 0.29) is 5.56 Å². The van der Waals surface area contributed by atoms with E-state index < -0.39 is 5.97 Å². The number of carboxylic acid groups (broad SMARTS) is 1. The minimum Gasteiger partial charge on any atom is -0.493 e. The minimum atomic E-state index is -0.994. The Labute approximate surface area is 117 Å². The first-order chi connectivity index (χ1) is 9.16. The van der Waals surface area contributed by atoms with Gasteiger partial charge in [0.05, 0.1) is 6.61 Å². The maximum absolute atomic E-state index is 11.0. The molecule has 0 atom stereocenters. The molecular weight excluding hydrogens is 266 g/mol. The van der Waals surface area contributed by atoms with Gasteiger partial charge in [0.2, 0.25) is 0 Å². The van der Waals surface area contributed by atoms with Crippen molar-refractivity contribution in [1.29, 1.82) is 0 Å². The Kier molecular flexibility index (Phi) is 5.05.